The average Bonchev–Trinajstić information content (AvgIpc) is 2.90. The van der Waals surface area contributed by atoms with Gasteiger partial charge in [-0.15, -0.1) is 6.58 Å². The van der Waals surface area contributed by atoms with Gasteiger partial charge in [-0.1, -0.05) is 54.9 Å². The van der Waals surface area contributed by atoms with E-state index < -0.39 is 26.0 Å². The smallest absolute Gasteiger partial charge is 0.267 e. The van der Waals surface area contributed by atoms with Crippen molar-refractivity contribution in [3.05, 3.63) is 102 Å². The number of carbonyl (C=O) groups excluding carboxylic acids is 1. The number of benzene rings is 3. The molecule has 0 atom stereocenters. The van der Waals surface area contributed by atoms with E-state index in [1.54, 1.807) is 6.92 Å². The predicted molar refractivity (Wildman–Crippen MR) is 143 cm³/mol. The van der Waals surface area contributed by atoms with E-state index in [0.29, 0.717) is 9.33 Å². The lowest BCUT2D eigenvalue weighted by molar-refractivity contribution is 0.0871. The lowest BCUT2D eigenvalue weighted by Gasteiger charge is -2.24. The zero-order valence-electron chi connectivity index (χ0n) is 20.4. The second-order valence-electron chi connectivity index (χ2n) is 7.87. The van der Waals surface area contributed by atoms with Gasteiger partial charge in [0.25, 0.3) is 15.9 Å². The first-order chi connectivity index (χ1) is 17.6. The molecule has 0 aliphatic carbocycles. The van der Waals surface area contributed by atoms with Gasteiger partial charge in [0.05, 0.1) is 18.6 Å². The third kappa shape index (κ3) is 6.22. The predicted octanol–water partition coefficient (Wildman–Crippen LogP) is 4.58. The Morgan fingerprint density at radius 2 is 1.62 bits per heavy atom. The number of rotatable bonds is 11. The summed E-state index contributed by atoms with van der Waals surface area (Å²) in [6.07, 6.45) is 1.27. The van der Waals surface area contributed by atoms with Crippen LogP contribution < -0.4 is 4.74 Å². The van der Waals surface area contributed by atoms with Crippen molar-refractivity contribution >= 4 is 37.6 Å². The van der Waals surface area contributed by atoms with Crippen LogP contribution >= 0.6 is 11.6 Å². The molecular formula is C26H27ClN2O6S2. The Labute approximate surface area is 222 Å². The molecule has 0 radical (unpaired) electrons. The van der Waals surface area contributed by atoms with E-state index >= 15 is 0 Å². The van der Waals surface area contributed by atoms with Crippen LogP contribution in [0.3, 0.4) is 0 Å². The van der Waals surface area contributed by atoms with E-state index in [4.69, 9.17) is 16.3 Å². The van der Waals surface area contributed by atoms with Gasteiger partial charge in [0.2, 0.25) is 10.0 Å². The topological polar surface area (TPSA) is 101 Å². The highest BCUT2D eigenvalue weighted by atomic mass is 35.5. The minimum Gasteiger partial charge on any atom is -0.495 e. The van der Waals surface area contributed by atoms with Crippen LogP contribution in [0.4, 0.5) is 0 Å². The molecule has 3 aromatic rings. The van der Waals surface area contributed by atoms with Gasteiger partial charge in [0, 0.05) is 23.7 Å². The number of methoxy groups -OCH3 is 1. The van der Waals surface area contributed by atoms with Crippen LogP contribution in [0.25, 0.3) is 0 Å². The number of halogens is 1. The zero-order chi connectivity index (χ0) is 27.2. The van der Waals surface area contributed by atoms with E-state index in [-0.39, 0.29) is 40.7 Å². The molecule has 8 nitrogen and oxygen atoms in total. The van der Waals surface area contributed by atoms with Crippen molar-refractivity contribution in [1.82, 2.24) is 8.61 Å². The molecule has 0 aliphatic rings. The summed E-state index contributed by atoms with van der Waals surface area (Å²) >= 11 is 5.87. The summed E-state index contributed by atoms with van der Waals surface area (Å²) in [5.74, 6) is -0.890. The van der Waals surface area contributed by atoms with Crippen molar-refractivity contribution in [3.8, 4) is 5.75 Å². The maximum atomic E-state index is 13.6. The monoisotopic (exact) mass is 562 g/mol. The van der Waals surface area contributed by atoms with Crippen LogP contribution in [0.15, 0.2) is 95.2 Å². The summed E-state index contributed by atoms with van der Waals surface area (Å²) < 4.78 is 61.0. The maximum Gasteiger partial charge on any atom is 0.267 e. The van der Waals surface area contributed by atoms with Crippen molar-refractivity contribution in [1.29, 1.82) is 0 Å². The summed E-state index contributed by atoms with van der Waals surface area (Å²) in [4.78, 5) is 13.1. The number of hydrogen-bond acceptors (Lipinski definition) is 6. The zero-order valence-corrected chi connectivity index (χ0v) is 22.8. The second-order valence-corrected chi connectivity index (χ2v) is 12.1. The van der Waals surface area contributed by atoms with Crippen LogP contribution in [-0.4, -0.2) is 51.6 Å². The molecule has 0 saturated carbocycles. The van der Waals surface area contributed by atoms with Gasteiger partial charge in [-0.05, 0) is 48.0 Å². The highest BCUT2D eigenvalue weighted by molar-refractivity contribution is 7.89. The molecule has 3 aromatic carbocycles. The molecule has 0 unspecified atom stereocenters. The second kappa shape index (κ2) is 11.9. The quantitative estimate of drug-likeness (QED) is 0.317. The molecule has 11 heteroatoms. The van der Waals surface area contributed by atoms with Crippen LogP contribution in [0.5, 0.6) is 5.75 Å². The van der Waals surface area contributed by atoms with Gasteiger partial charge < -0.3 is 4.74 Å². The summed E-state index contributed by atoms with van der Waals surface area (Å²) in [6.45, 7) is 5.19. The van der Waals surface area contributed by atoms with E-state index in [1.807, 2.05) is 30.3 Å². The van der Waals surface area contributed by atoms with E-state index in [2.05, 4.69) is 6.58 Å². The SMILES string of the molecule is C=CCN(C(=O)c1ccc(OC)c(S(=O)(=O)N(CC)Cc2ccccc2)c1)S(=O)(=O)c1ccc(Cl)cc1. The largest absolute Gasteiger partial charge is 0.495 e. The fraction of sp³-hybridized carbons (Fsp3) is 0.192. The minimum absolute atomic E-state index is 0.0268. The number of sulfonamides is 2. The van der Waals surface area contributed by atoms with Gasteiger partial charge in [-0.25, -0.2) is 21.1 Å². The molecule has 0 N–H and O–H groups in total. The lowest BCUT2D eigenvalue weighted by Crippen LogP contribution is -2.37. The van der Waals surface area contributed by atoms with Crippen LogP contribution in [0, 0.1) is 0 Å². The Balaban J connectivity index is 2.06. The molecule has 0 fully saturated rings. The third-order valence-electron chi connectivity index (χ3n) is 5.51. The lowest BCUT2D eigenvalue weighted by atomic mass is 10.2. The third-order valence-corrected chi connectivity index (χ3v) is 9.46. The fourth-order valence-electron chi connectivity index (χ4n) is 3.59. The molecule has 0 saturated heterocycles. The van der Waals surface area contributed by atoms with E-state index in [1.165, 1.54) is 53.9 Å². The summed E-state index contributed by atoms with van der Waals surface area (Å²) in [5, 5.41) is 0.335. The summed E-state index contributed by atoms with van der Waals surface area (Å²) in [6, 6.07) is 18.2. The maximum absolute atomic E-state index is 13.6. The molecule has 0 aromatic heterocycles. The van der Waals surface area contributed by atoms with Crippen LogP contribution in [-0.2, 0) is 26.6 Å². The number of nitrogens with zero attached hydrogens (tertiary/aromatic N) is 2. The number of ether oxygens (including phenoxy) is 1. The molecular weight excluding hydrogens is 536 g/mol. The standard InChI is InChI=1S/C26H27ClN2O6S2/c1-4-17-29(36(31,32)23-14-12-22(27)13-15-23)26(30)21-11-16-24(35-3)25(18-21)37(33,34)28(5-2)19-20-9-7-6-8-10-20/h4,6-16,18H,1,5,17,19H2,2-3H3. The van der Waals surface area contributed by atoms with Gasteiger partial charge in [-0.2, -0.15) is 4.31 Å². The fourth-order valence-corrected chi connectivity index (χ4v) is 6.69. The Morgan fingerprint density at radius 1 is 0.973 bits per heavy atom. The van der Waals surface area contributed by atoms with Crippen molar-refractivity contribution < 1.29 is 26.4 Å². The Hall–Kier alpha value is -3.18. The molecule has 0 heterocycles. The Morgan fingerprint density at radius 3 is 2.19 bits per heavy atom. The molecule has 0 bridgehead atoms. The van der Waals surface area contributed by atoms with Crippen molar-refractivity contribution in [3.63, 3.8) is 0 Å². The molecule has 37 heavy (non-hydrogen) atoms. The highest BCUT2D eigenvalue weighted by Gasteiger charge is 2.32. The van der Waals surface area contributed by atoms with Crippen molar-refractivity contribution in [2.24, 2.45) is 0 Å². The van der Waals surface area contributed by atoms with Crippen molar-refractivity contribution in [2.75, 3.05) is 20.2 Å². The van der Waals surface area contributed by atoms with Gasteiger partial charge in [0.1, 0.15) is 10.6 Å². The van der Waals surface area contributed by atoms with Crippen molar-refractivity contribution in [2.45, 2.75) is 23.3 Å². The first-order valence-electron chi connectivity index (χ1n) is 11.2. The Bertz CT molecular complexity index is 1480. The molecule has 196 valence electrons. The number of hydrogen-bond donors (Lipinski definition) is 0. The molecule has 0 aliphatic heterocycles. The van der Waals surface area contributed by atoms with Gasteiger partial charge in [-0.3, -0.25) is 4.79 Å². The normalized spacial score (nSPS) is 11.8. The van der Waals surface area contributed by atoms with E-state index in [0.717, 1.165) is 11.6 Å². The first-order valence-corrected chi connectivity index (χ1v) is 14.5. The first kappa shape index (κ1) is 28.4. The molecule has 3 rings (SSSR count). The summed E-state index contributed by atoms with van der Waals surface area (Å²) in [7, 11) is -7.10. The van der Waals surface area contributed by atoms with Gasteiger partial charge >= 0.3 is 0 Å². The van der Waals surface area contributed by atoms with Crippen LogP contribution in [0.1, 0.15) is 22.8 Å². The number of carbonyl (C=O) groups is 1. The highest BCUT2D eigenvalue weighted by Crippen LogP contribution is 2.30. The molecule has 0 spiro atoms. The molecule has 1 amide bonds. The van der Waals surface area contributed by atoms with E-state index in [9.17, 15) is 21.6 Å². The average molecular weight is 563 g/mol. The number of amides is 1. The summed E-state index contributed by atoms with van der Waals surface area (Å²) in [5.41, 5.74) is 0.639. The minimum atomic E-state index is -4.29. The van der Waals surface area contributed by atoms with Crippen LogP contribution in [0.2, 0.25) is 5.02 Å². The van der Waals surface area contributed by atoms with Gasteiger partial charge in [0.15, 0.2) is 0 Å². The Kier molecular flexibility index (Phi) is 9.14.